The zero-order chi connectivity index (χ0) is 19.1. The van der Waals surface area contributed by atoms with Crippen LogP contribution in [0.5, 0.6) is 0 Å². The molecule has 1 aliphatic carbocycles. The number of nitrogens with zero attached hydrogens (tertiary/aromatic N) is 1. The van der Waals surface area contributed by atoms with Gasteiger partial charge in [-0.1, -0.05) is 58.4 Å². The van der Waals surface area contributed by atoms with Crippen LogP contribution in [0.3, 0.4) is 0 Å². The quantitative estimate of drug-likeness (QED) is 0.527. The molecule has 144 valence electrons. The van der Waals surface area contributed by atoms with Crippen LogP contribution in [-0.4, -0.2) is 44.3 Å². The molecule has 4 nitrogen and oxygen atoms in total. The zero-order valence-electron chi connectivity index (χ0n) is 15.6. The van der Waals surface area contributed by atoms with E-state index in [-0.39, 0.29) is 11.8 Å². The normalized spacial score (nSPS) is 18.3. The summed E-state index contributed by atoms with van der Waals surface area (Å²) in [6.45, 7) is 2.87. The number of benzene rings is 2. The third kappa shape index (κ3) is 5.89. The van der Waals surface area contributed by atoms with Gasteiger partial charge in [0, 0.05) is 30.6 Å². The summed E-state index contributed by atoms with van der Waals surface area (Å²) in [5.74, 6) is 0.634. The van der Waals surface area contributed by atoms with Crippen LogP contribution in [0.1, 0.15) is 23.5 Å². The Morgan fingerprint density at radius 2 is 1.81 bits per heavy atom. The number of carbonyl (C=O) groups excluding carboxylic acids is 1. The smallest absolute Gasteiger partial charge is 0.226 e. The number of methoxy groups -OCH3 is 1. The molecular formula is C22H26BrNO3. The van der Waals surface area contributed by atoms with E-state index in [1.54, 1.807) is 7.11 Å². The summed E-state index contributed by atoms with van der Waals surface area (Å²) in [5.41, 5.74) is 2.39. The van der Waals surface area contributed by atoms with Crippen LogP contribution in [0.15, 0.2) is 59.1 Å². The molecule has 0 aromatic heterocycles. The predicted octanol–water partition coefficient (Wildman–Crippen LogP) is 4.24. The molecule has 27 heavy (non-hydrogen) atoms. The van der Waals surface area contributed by atoms with Crippen LogP contribution in [0.2, 0.25) is 0 Å². The lowest BCUT2D eigenvalue weighted by Gasteiger charge is -2.23. The van der Waals surface area contributed by atoms with Gasteiger partial charge in [0.15, 0.2) is 0 Å². The summed E-state index contributed by atoms with van der Waals surface area (Å²) in [4.78, 5) is 15.1. The standard InChI is InChI=1S/C22H26BrNO3/c1-26-13-14-27-12-11-24(16-17-5-3-2-4-6-17)22(25)21-15-20(21)18-7-9-19(23)10-8-18/h2-10,20-21H,11-16H2,1H3/t20-,21-/m1/s1. The SMILES string of the molecule is COCCOCCN(Cc1ccccc1)C(=O)[C@@H]1C[C@@H]1c1ccc(Br)cc1. The maximum Gasteiger partial charge on any atom is 0.226 e. The number of hydrogen-bond donors (Lipinski definition) is 0. The second-order valence-electron chi connectivity index (χ2n) is 6.85. The molecule has 2 atom stereocenters. The van der Waals surface area contributed by atoms with E-state index in [4.69, 9.17) is 9.47 Å². The highest BCUT2D eigenvalue weighted by atomic mass is 79.9. The molecule has 0 bridgehead atoms. The minimum atomic E-state index is 0.0777. The molecule has 3 rings (SSSR count). The van der Waals surface area contributed by atoms with Crippen molar-refractivity contribution in [1.82, 2.24) is 4.90 Å². The van der Waals surface area contributed by atoms with Crippen molar-refractivity contribution in [2.24, 2.45) is 5.92 Å². The average Bonchev–Trinajstić information content (AvgIpc) is 3.48. The van der Waals surface area contributed by atoms with Crippen molar-refractivity contribution in [3.63, 3.8) is 0 Å². The van der Waals surface area contributed by atoms with Gasteiger partial charge >= 0.3 is 0 Å². The minimum Gasteiger partial charge on any atom is -0.382 e. The van der Waals surface area contributed by atoms with Crippen LogP contribution in [0.25, 0.3) is 0 Å². The van der Waals surface area contributed by atoms with E-state index in [1.165, 1.54) is 5.56 Å². The molecule has 5 heteroatoms. The maximum absolute atomic E-state index is 13.1. The Bertz CT molecular complexity index is 720. The number of halogens is 1. The maximum atomic E-state index is 13.1. The number of carbonyl (C=O) groups is 1. The van der Waals surface area contributed by atoms with Crippen LogP contribution in [-0.2, 0) is 20.8 Å². The fourth-order valence-corrected chi connectivity index (χ4v) is 3.54. The third-order valence-corrected chi connectivity index (χ3v) is 5.40. The van der Waals surface area contributed by atoms with E-state index in [1.807, 2.05) is 35.2 Å². The molecule has 0 aliphatic heterocycles. The van der Waals surface area contributed by atoms with E-state index >= 15 is 0 Å². The van der Waals surface area contributed by atoms with Crippen LogP contribution >= 0.6 is 15.9 Å². The second kappa shape index (κ2) is 10.0. The molecule has 2 aromatic rings. The van der Waals surface area contributed by atoms with Crippen molar-refractivity contribution >= 4 is 21.8 Å². The van der Waals surface area contributed by atoms with Gasteiger partial charge in [-0.05, 0) is 35.6 Å². The Labute approximate surface area is 169 Å². The second-order valence-corrected chi connectivity index (χ2v) is 7.77. The Morgan fingerprint density at radius 3 is 2.52 bits per heavy atom. The summed E-state index contributed by atoms with van der Waals surface area (Å²) in [6, 6.07) is 18.4. The monoisotopic (exact) mass is 431 g/mol. The van der Waals surface area contributed by atoms with E-state index < -0.39 is 0 Å². The lowest BCUT2D eigenvalue weighted by Crippen LogP contribution is -2.35. The molecule has 0 unspecified atom stereocenters. The number of ether oxygens (including phenoxy) is 2. The number of hydrogen-bond acceptors (Lipinski definition) is 3. The molecule has 1 amide bonds. The van der Waals surface area contributed by atoms with Crippen molar-refractivity contribution in [3.05, 3.63) is 70.2 Å². The first-order valence-corrected chi connectivity index (χ1v) is 10.1. The molecule has 0 saturated heterocycles. The van der Waals surface area contributed by atoms with Crippen LogP contribution in [0.4, 0.5) is 0 Å². The van der Waals surface area contributed by atoms with Crippen molar-refractivity contribution in [2.75, 3.05) is 33.5 Å². The average molecular weight is 432 g/mol. The van der Waals surface area contributed by atoms with E-state index in [9.17, 15) is 4.79 Å². The highest BCUT2D eigenvalue weighted by Crippen LogP contribution is 2.48. The number of rotatable bonds is 10. The highest BCUT2D eigenvalue weighted by Gasteiger charge is 2.45. The Kier molecular flexibility index (Phi) is 7.44. The van der Waals surface area contributed by atoms with Gasteiger partial charge in [0.25, 0.3) is 0 Å². The van der Waals surface area contributed by atoms with Gasteiger partial charge in [0.2, 0.25) is 5.91 Å². The first-order chi connectivity index (χ1) is 13.2. The van der Waals surface area contributed by atoms with Crippen molar-refractivity contribution < 1.29 is 14.3 Å². The fraction of sp³-hybridized carbons (Fsp3) is 0.409. The van der Waals surface area contributed by atoms with Crippen molar-refractivity contribution in [2.45, 2.75) is 18.9 Å². The van der Waals surface area contributed by atoms with Gasteiger partial charge in [-0.3, -0.25) is 4.79 Å². The first kappa shape index (κ1) is 20.1. The molecule has 1 aliphatic rings. The summed E-state index contributed by atoms with van der Waals surface area (Å²) >= 11 is 3.47. The van der Waals surface area contributed by atoms with Gasteiger partial charge in [0.05, 0.1) is 19.8 Å². The van der Waals surface area contributed by atoms with Gasteiger partial charge in [-0.15, -0.1) is 0 Å². The Morgan fingerprint density at radius 1 is 1.07 bits per heavy atom. The Balaban J connectivity index is 1.60. The van der Waals surface area contributed by atoms with Crippen molar-refractivity contribution in [1.29, 1.82) is 0 Å². The third-order valence-electron chi connectivity index (χ3n) is 4.87. The van der Waals surface area contributed by atoms with Crippen LogP contribution < -0.4 is 0 Å². The number of amides is 1. The molecular weight excluding hydrogens is 406 g/mol. The van der Waals surface area contributed by atoms with Gasteiger partial charge in [-0.2, -0.15) is 0 Å². The zero-order valence-corrected chi connectivity index (χ0v) is 17.2. The highest BCUT2D eigenvalue weighted by molar-refractivity contribution is 9.10. The van der Waals surface area contributed by atoms with E-state index in [2.05, 4.69) is 40.2 Å². The fourth-order valence-electron chi connectivity index (χ4n) is 3.27. The van der Waals surface area contributed by atoms with Gasteiger partial charge in [0.1, 0.15) is 0 Å². The van der Waals surface area contributed by atoms with Crippen LogP contribution in [0, 0.1) is 5.92 Å². The summed E-state index contributed by atoms with van der Waals surface area (Å²) in [6.07, 6.45) is 0.927. The van der Waals surface area contributed by atoms with Crippen molar-refractivity contribution in [3.8, 4) is 0 Å². The molecule has 0 N–H and O–H groups in total. The first-order valence-electron chi connectivity index (χ1n) is 9.34. The molecule has 2 aromatic carbocycles. The molecule has 1 fully saturated rings. The summed E-state index contributed by atoms with van der Waals surface area (Å²) in [7, 11) is 1.66. The summed E-state index contributed by atoms with van der Waals surface area (Å²) in [5, 5.41) is 0. The largest absolute Gasteiger partial charge is 0.382 e. The van der Waals surface area contributed by atoms with E-state index in [0.29, 0.717) is 38.8 Å². The molecule has 0 spiro atoms. The predicted molar refractivity (Wildman–Crippen MR) is 110 cm³/mol. The van der Waals surface area contributed by atoms with Gasteiger partial charge < -0.3 is 14.4 Å². The lowest BCUT2D eigenvalue weighted by molar-refractivity contribution is -0.134. The lowest BCUT2D eigenvalue weighted by atomic mass is 10.1. The topological polar surface area (TPSA) is 38.8 Å². The molecule has 0 radical (unpaired) electrons. The molecule has 0 heterocycles. The van der Waals surface area contributed by atoms with E-state index in [0.717, 1.165) is 16.5 Å². The minimum absolute atomic E-state index is 0.0777. The molecule has 1 saturated carbocycles. The van der Waals surface area contributed by atoms with Gasteiger partial charge in [-0.25, -0.2) is 0 Å². The summed E-state index contributed by atoms with van der Waals surface area (Å²) < 4.78 is 11.7. The Hall–Kier alpha value is -1.69.